The van der Waals surface area contributed by atoms with Gasteiger partial charge in [0.1, 0.15) is 5.75 Å². The Morgan fingerprint density at radius 2 is 2.42 bits per heavy atom. The van der Waals surface area contributed by atoms with Gasteiger partial charge in [0.15, 0.2) is 0 Å². The number of nitrogens with one attached hydrogen (secondary N) is 1. The van der Waals surface area contributed by atoms with Gasteiger partial charge in [-0.1, -0.05) is 0 Å². The molecule has 1 aromatic rings. The molecule has 0 bridgehead atoms. The minimum atomic E-state index is -1.61. The summed E-state index contributed by atoms with van der Waals surface area (Å²) in [6, 6.07) is 4.10. The molecule has 3 heteroatoms. The topological polar surface area (TPSA) is 49.3 Å². The van der Waals surface area contributed by atoms with Crippen molar-refractivity contribution in [1.29, 1.82) is 0 Å². The molecule has 2 rings (SSSR count). The maximum Gasteiger partial charge on any atom is 0.251 e. The summed E-state index contributed by atoms with van der Waals surface area (Å²) in [5.41, 5.74) is 0.542. The average Bonchev–Trinajstić information content (AvgIpc) is 2.12. The van der Waals surface area contributed by atoms with Gasteiger partial charge in [-0.05, 0) is 30.1 Å². The minimum absolute atomic E-state index is 0.0256. The molecule has 0 atom stereocenters. The lowest BCUT2D eigenvalue weighted by atomic mass is 10.0. The molecule has 1 aromatic carbocycles. The van der Waals surface area contributed by atoms with Crippen LogP contribution in [0.15, 0.2) is 18.2 Å². The van der Waals surface area contributed by atoms with E-state index in [1.807, 2.05) is 0 Å². The van der Waals surface area contributed by atoms with Crippen LogP contribution >= 0.6 is 0 Å². The smallest absolute Gasteiger partial charge is 0.251 e. The Morgan fingerprint density at radius 1 is 1.58 bits per heavy atom. The van der Waals surface area contributed by atoms with E-state index in [0.717, 1.165) is 0 Å². The first-order valence-corrected chi connectivity index (χ1v) is 3.62. The molecule has 1 aliphatic rings. The zero-order chi connectivity index (χ0) is 10.3. The van der Waals surface area contributed by atoms with Crippen molar-refractivity contribution in [3.05, 3.63) is 29.3 Å². The first kappa shape index (κ1) is 5.19. The Bertz CT molecular complexity index is 404. The first-order valence-electron chi connectivity index (χ1n) is 4.62. The Morgan fingerprint density at radius 3 is 3.25 bits per heavy atom. The van der Waals surface area contributed by atoms with Crippen molar-refractivity contribution in [3.63, 3.8) is 0 Å². The van der Waals surface area contributed by atoms with E-state index in [9.17, 15) is 9.90 Å². The van der Waals surface area contributed by atoms with Crippen LogP contribution in [0.3, 0.4) is 0 Å². The maximum absolute atomic E-state index is 11.3. The second kappa shape index (κ2) is 2.52. The molecule has 1 heterocycles. The van der Waals surface area contributed by atoms with Crippen LogP contribution in [0.4, 0.5) is 0 Å². The summed E-state index contributed by atoms with van der Waals surface area (Å²) in [6.07, 6.45) is -1.61. The van der Waals surface area contributed by atoms with Gasteiger partial charge in [-0.2, -0.15) is 0 Å². The summed E-state index contributed by atoms with van der Waals surface area (Å²) in [5.74, 6) is -0.322. The lowest BCUT2D eigenvalue weighted by Crippen LogP contribution is -2.31. The van der Waals surface area contributed by atoms with Crippen molar-refractivity contribution < 1.29 is 12.6 Å². The highest BCUT2D eigenvalue weighted by atomic mass is 16.3. The number of carbonyl (C=O) groups is 1. The Hall–Kier alpha value is -1.51. The number of hydrogen-bond donors (Lipinski definition) is 2. The van der Waals surface area contributed by atoms with Crippen LogP contribution < -0.4 is 5.32 Å². The van der Waals surface area contributed by atoms with Gasteiger partial charge in [-0.3, -0.25) is 4.79 Å². The number of carbonyl (C=O) groups excluding carboxylic acids is 1. The highest BCUT2D eigenvalue weighted by Crippen LogP contribution is 2.19. The fourth-order valence-electron chi connectivity index (χ4n) is 1.19. The van der Waals surface area contributed by atoms with Gasteiger partial charge in [0.05, 0.1) is 0 Å². The van der Waals surface area contributed by atoms with E-state index in [-0.39, 0.29) is 23.8 Å². The SMILES string of the molecule is [2H]C1([2H])CNC(=O)c2ccc(O)cc21. The third-order valence-electron chi connectivity index (χ3n) is 1.78. The molecule has 3 nitrogen and oxygen atoms in total. The Kier molecular flexibility index (Phi) is 1.09. The third kappa shape index (κ3) is 1.03. The standard InChI is InChI=1S/C9H9NO2/c11-7-1-2-8-6(5-7)3-4-10-9(8)12/h1-2,5,11H,3-4H2,(H,10,12)/i3D2. The van der Waals surface area contributed by atoms with Gasteiger partial charge >= 0.3 is 0 Å². The summed E-state index contributed by atoms with van der Waals surface area (Å²) >= 11 is 0. The number of fused-ring (bicyclic) bond motifs is 1. The van der Waals surface area contributed by atoms with Crippen molar-refractivity contribution in [2.75, 3.05) is 6.54 Å². The number of phenols is 1. The fourth-order valence-corrected chi connectivity index (χ4v) is 1.19. The van der Waals surface area contributed by atoms with Crippen LogP contribution in [0.25, 0.3) is 0 Å². The van der Waals surface area contributed by atoms with E-state index >= 15 is 0 Å². The van der Waals surface area contributed by atoms with Crippen LogP contribution in [-0.4, -0.2) is 17.6 Å². The molecular weight excluding hydrogens is 154 g/mol. The van der Waals surface area contributed by atoms with Gasteiger partial charge in [-0.25, -0.2) is 0 Å². The van der Waals surface area contributed by atoms with E-state index in [2.05, 4.69) is 5.32 Å². The molecule has 0 spiro atoms. The Balaban J connectivity index is 2.64. The minimum Gasteiger partial charge on any atom is -0.508 e. The summed E-state index contributed by atoms with van der Waals surface area (Å²) in [5, 5.41) is 11.7. The van der Waals surface area contributed by atoms with Crippen LogP contribution in [-0.2, 0) is 6.37 Å². The largest absolute Gasteiger partial charge is 0.508 e. The molecular formula is C9H9NO2. The predicted octanol–water partition coefficient (Wildman–Crippen LogP) is 0.678. The number of rotatable bonds is 0. The van der Waals surface area contributed by atoms with Crippen LogP contribution in [0.2, 0.25) is 0 Å². The van der Waals surface area contributed by atoms with Crippen LogP contribution in [0, 0.1) is 0 Å². The predicted molar refractivity (Wildman–Crippen MR) is 44.1 cm³/mol. The number of phenolic OH excluding ortho intramolecular Hbond substituents is 1. The van der Waals surface area contributed by atoms with Gasteiger partial charge < -0.3 is 10.4 Å². The quantitative estimate of drug-likeness (QED) is 0.594. The third-order valence-corrected chi connectivity index (χ3v) is 1.78. The highest BCUT2D eigenvalue weighted by molar-refractivity contribution is 5.96. The van der Waals surface area contributed by atoms with Gasteiger partial charge in [0.2, 0.25) is 0 Å². The number of aromatic hydroxyl groups is 1. The molecule has 2 N–H and O–H groups in total. The van der Waals surface area contributed by atoms with Crippen molar-refractivity contribution in [2.45, 2.75) is 6.37 Å². The van der Waals surface area contributed by atoms with Crippen molar-refractivity contribution in [3.8, 4) is 5.75 Å². The molecule has 0 radical (unpaired) electrons. The van der Waals surface area contributed by atoms with Crippen molar-refractivity contribution in [1.82, 2.24) is 5.32 Å². The number of benzene rings is 1. The summed E-state index contributed by atoms with van der Waals surface area (Å²) in [7, 11) is 0. The lowest BCUT2D eigenvalue weighted by molar-refractivity contribution is 0.0946. The summed E-state index contributed by atoms with van der Waals surface area (Å²) in [6.45, 7) is -0.0533. The average molecular weight is 165 g/mol. The molecule has 0 saturated heterocycles. The van der Waals surface area contributed by atoms with Gasteiger partial charge in [0, 0.05) is 14.8 Å². The van der Waals surface area contributed by atoms with E-state index in [1.165, 1.54) is 18.2 Å². The zero-order valence-electron chi connectivity index (χ0n) is 8.29. The normalized spacial score (nSPS) is 21.8. The van der Waals surface area contributed by atoms with Crippen molar-refractivity contribution >= 4 is 5.91 Å². The van der Waals surface area contributed by atoms with Gasteiger partial charge in [-0.15, -0.1) is 0 Å². The van der Waals surface area contributed by atoms with E-state index in [4.69, 9.17) is 2.74 Å². The molecule has 0 fully saturated rings. The molecule has 0 saturated carbocycles. The molecule has 0 aromatic heterocycles. The van der Waals surface area contributed by atoms with Crippen molar-refractivity contribution in [2.24, 2.45) is 0 Å². The maximum atomic E-state index is 11.3. The fraction of sp³-hybridized carbons (Fsp3) is 0.222. The van der Waals surface area contributed by atoms with Crippen LogP contribution in [0.1, 0.15) is 18.7 Å². The molecule has 1 aliphatic heterocycles. The zero-order valence-corrected chi connectivity index (χ0v) is 6.29. The second-order valence-corrected chi connectivity index (χ2v) is 2.59. The lowest BCUT2D eigenvalue weighted by Gasteiger charge is -2.15. The number of hydrogen-bond acceptors (Lipinski definition) is 2. The first-order chi connectivity index (χ1) is 6.50. The monoisotopic (exact) mass is 165 g/mol. The molecule has 12 heavy (non-hydrogen) atoms. The summed E-state index contributed by atoms with van der Waals surface area (Å²) in [4.78, 5) is 11.3. The van der Waals surface area contributed by atoms with E-state index in [0.29, 0.717) is 5.56 Å². The van der Waals surface area contributed by atoms with Crippen LogP contribution in [0.5, 0.6) is 5.75 Å². The second-order valence-electron chi connectivity index (χ2n) is 2.59. The molecule has 62 valence electrons. The van der Waals surface area contributed by atoms with E-state index in [1.54, 1.807) is 0 Å². The highest BCUT2D eigenvalue weighted by Gasteiger charge is 2.15. The number of amides is 1. The molecule has 1 amide bonds. The Labute approximate surface area is 72.8 Å². The molecule has 0 unspecified atom stereocenters. The summed E-state index contributed by atoms with van der Waals surface area (Å²) < 4.78 is 15.3. The van der Waals surface area contributed by atoms with Gasteiger partial charge in [0.25, 0.3) is 5.91 Å². The van der Waals surface area contributed by atoms with E-state index < -0.39 is 6.37 Å². The molecule has 0 aliphatic carbocycles.